The molecule has 4 fully saturated rings. The van der Waals surface area contributed by atoms with Gasteiger partial charge >= 0.3 is 0 Å². The molecule has 0 aromatic rings. The maximum atomic E-state index is 2.91. The quantitative estimate of drug-likeness (QED) is 0.770. The van der Waals surface area contributed by atoms with E-state index in [1.807, 2.05) is 0 Å². The standard InChI is InChI=1S/C18H33N3/c1-2-10-19(9-1)14-15-20-12-7-18(8-13-20)6-3-11-21(18)16-17-4-5-17/h17H,1-16H2. The fourth-order valence-corrected chi connectivity index (χ4v) is 4.94. The Hall–Kier alpha value is -0.120. The van der Waals surface area contributed by atoms with Gasteiger partial charge in [-0.05, 0) is 90.0 Å². The molecule has 1 saturated carbocycles. The number of rotatable bonds is 5. The second-order valence-corrected chi connectivity index (χ2v) is 8.11. The summed E-state index contributed by atoms with van der Waals surface area (Å²) in [5, 5.41) is 0. The minimum absolute atomic E-state index is 0.618. The fraction of sp³-hybridized carbons (Fsp3) is 1.00. The van der Waals surface area contributed by atoms with Crippen molar-refractivity contribution in [2.75, 3.05) is 52.4 Å². The van der Waals surface area contributed by atoms with E-state index in [2.05, 4.69) is 14.7 Å². The van der Waals surface area contributed by atoms with E-state index >= 15 is 0 Å². The van der Waals surface area contributed by atoms with Crippen molar-refractivity contribution in [3.05, 3.63) is 0 Å². The first-order valence-electron chi connectivity index (χ1n) is 9.54. The number of piperidine rings is 1. The third-order valence-corrected chi connectivity index (χ3v) is 6.63. The lowest BCUT2D eigenvalue weighted by atomic mass is 9.84. The molecule has 3 nitrogen and oxygen atoms in total. The molecule has 0 amide bonds. The summed E-state index contributed by atoms with van der Waals surface area (Å²) in [6, 6.07) is 0. The van der Waals surface area contributed by atoms with Crippen LogP contribution in [0.2, 0.25) is 0 Å². The van der Waals surface area contributed by atoms with Gasteiger partial charge in [-0.2, -0.15) is 0 Å². The Morgan fingerprint density at radius 1 is 0.714 bits per heavy atom. The lowest BCUT2D eigenvalue weighted by molar-refractivity contribution is 0.0470. The molecule has 0 N–H and O–H groups in total. The molecule has 4 rings (SSSR count). The summed E-state index contributed by atoms with van der Waals surface area (Å²) in [5.41, 5.74) is 0.618. The van der Waals surface area contributed by atoms with E-state index in [1.54, 1.807) is 0 Å². The highest BCUT2D eigenvalue weighted by molar-refractivity contribution is 5.00. The van der Waals surface area contributed by atoms with Gasteiger partial charge in [-0.1, -0.05) is 0 Å². The molecule has 0 bridgehead atoms. The molecule has 0 aromatic heterocycles. The SMILES string of the molecule is C1CCN(CCN2CCC3(CCCN3CC3CC3)CC2)C1. The van der Waals surface area contributed by atoms with Crippen LogP contribution in [-0.4, -0.2) is 72.6 Å². The first kappa shape index (κ1) is 14.5. The van der Waals surface area contributed by atoms with Gasteiger partial charge in [0.05, 0.1) is 0 Å². The van der Waals surface area contributed by atoms with E-state index in [1.165, 1.54) is 104 Å². The van der Waals surface area contributed by atoms with Crippen molar-refractivity contribution in [3.63, 3.8) is 0 Å². The summed E-state index contributed by atoms with van der Waals surface area (Å²) < 4.78 is 0. The monoisotopic (exact) mass is 291 g/mol. The summed E-state index contributed by atoms with van der Waals surface area (Å²) in [5.74, 6) is 1.06. The third kappa shape index (κ3) is 3.30. The second kappa shape index (κ2) is 6.17. The van der Waals surface area contributed by atoms with Gasteiger partial charge in [0.1, 0.15) is 0 Å². The van der Waals surface area contributed by atoms with E-state index in [-0.39, 0.29) is 0 Å². The van der Waals surface area contributed by atoms with Gasteiger partial charge in [-0.15, -0.1) is 0 Å². The zero-order valence-corrected chi connectivity index (χ0v) is 13.7. The number of likely N-dealkylation sites (tertiary alicyclic amines) is 3. The van der Waals surface area contributed by atoms with Crippen molar-refractivity contribution < 1.29 is 0 Å². The van der Waals surface area contributed by atoms with Crippen LogP contribution < -0.4 is 0 Å². The molecule has 4 aliphatic rings. The van der Waals surface area contributed by atoms with Gasteiger partial charge in [0.15, 0.2) is 0 Å². The predicted octanol–water partition coefficient (Wildman–Crippen LogP) is 2.42. The highest BCUT2D eigenvalue weighted by Crippen LogP contribution is 2.41. The Balaban J connectivity index is 1.25. The van der Waals surface area contributed by atoms with Gasteiger partial charge < -0.3 is 9.80 Å². The molecule has 120 valence electrons. The normalized spacial score (nSPS) is 31.4. The van der Waals surface area contributed by atoms with Crippen LogP contribution in [0.25, 0.3) is 0 Å². The molecule has 0 aromatic carbocycles. The molecule has 1 spiro atoms. The van der Waals surface area contributed by atoms with Crippen LogP contribution >= 0.6 is 0 Å². The van der Waals surface area contributed by atoms with E-state index < -0.39 is 0 Å². The second-order valence-electron chi connectivity index (χ2n) is 8.11. The molecular weight excluding hydrogens is 258 g/mol. The molecular formula is C18H33N3. The Morgan fingerprint density at radius 3 is 2.05 bits per heavy atom. The number of nitrogens with zero attached hydrogens (tertiary/aromatic N) is 3. The molecule has 1 aliphatic carbocycles. The largest absolute Gasteiger partial charge is 0.302 e. The van der Waals surface area contributed by atoms with Crippen LogP contribution in [0.5, 0.6) is 0 Å². The Bertz CT molecular complexity index is 338. The summed E-state index contributed by atoms with van der Waals surface area (Å²) in [6.07, 6.45) is 11.7. The molecule has 3 saturated heterocycles. The van der Waals surface area contributed by atoms with Crippen molar-refractivity contribution in [2.45, 2.75) is 56.9 Å². The molecule has 3 heteroatoms. The van der Waals surface area contributed by atoms with Crippen LogP contribution in [0.4, 0.5) is 0 Å². The van der Waals surface area contributed by atoms with E-state index in [9.17, 15) is 0 Å². The van der Waals surface area contributed by atoms with Gasteiger partial charge in [0.25, 0.3) is 0 Å². The minimum atomic E-state index is 0.618. The lowest BCUT2D eigenvalue weighted by Gasteiger charge is -2.45. The van der Waals surface area contributed by atoms with Crippen molar-refractivity contribution >= 4 is 0 Å². The fourth-order valence-electron chi connectivity index (χ4n) is 4.94. The Kier molecular flexibility index (Phi) is 4.25. The van der Waals surface area contributed by atoms with Crippen molar-refractivity contribution in [2.24, 2.45) is 5.92 Å². The van der Waals surface area contributed by atoms with Crippen molar-refractivity contribution in [3.8, 4) is 0 Å². The van der Waals surface area contributed by atoms with Gasteiger partial charge in [-0.25, -0.2) is 0 Å². The topological polar surface area (TPSA) is 9.72 Å². The van der Waals surface area contributed by atoms with Gasteiger partial charge in [0, 0.05) is 25.2 Å². The van der Waals surface area contributed by atoms with E-state index in [0.29, 0.717) is 5.54 Å². The lowest BCUT2D eigenvalue weighted by Crippen LogP contribution is -2.53. The minimum Gasteiger partial charge on any atom is -0.302 e. The average molecular weight is 291 g/mol. The van der Waals surface area contributed by atoms with Crippen LogP contribution in [-0.2, 0) is 0 Å². The summed E-state index contributed by atoms with van der Waals surface area (Å²) >= 11 is 0. The maximum Gasteiger partial charge on any atom is 0.0234 e. The number of hydrogen-bond donors (Lipinski definition) is 0. The molecule has 3 aliphatic heterocycles. The van der Waals surface area contributed by atoms with Crippen LogP contribution in [0.3, 0.4) is 0 Å². The average Bonchev–Trinajstić information content (AvgIpc) is 3.02. The predicted molar refractivity (Wildman–Crippen MR) is 87.6 cm³/mol. The molecule has 0 radical (unpaired) electrons. The van der Waals surface area contributed by atoms with Crippen LogP contribution in [0, 0.1) is 5.92 Å². The van der Waals surface area contributed by atoms with Crippen LogP contribution in [0.1, 0.15) is 51.4 Å². The highest BCUT2D eigenvalue weighted by Gasteiger charge is 2.44. The molecule has 21 heavy (non-hydrogen) atoms. The van der Waals surface area contributed by atoms with Crippen LogP contribution in [0.15, 0.2) is 0 Å². The van der Waals surface area contributed by atoms with Gasteiger partial charge in [0.2, 0.25) is 0 Å². The first-order valence-corrected chi connectivity index (χ1v) is 9.54. The van der Waals surface area contributed by atoms with E-state index in [4.69, 9.17) is 0 Å². The first-order chi connectivity index (χ1) is 10.3. The zero-order valence-electron chi connectivity index (χ0n) is 13.7. The Labute approximate surface area is 130 Å². The molecule has 3 heterocycles. The van der Waals surface area contributed by atoms with E-state index in [0.717, 1.165) is 5.92 Å². The summed E-state index contributed by atoms with van der Waals surface area (Å²) in [7, 11) is 0. The highest BCUT2D eigenvalue weighted by atomic mass is 15.3. The molecule has 0 atom stereocenters. The zero-order chi connectivity index (χ0) is 14.1. The third-order valence-electron chi connectivity index (χ3n) is 6.63. The van der Waals surface area contributed by atoms with Crippen molar-refractivity contribution in [1.82, 2.24) is 14.7 Å². The maximum absolute atomic E-state index is 2.91. The Morgan fingerprint density at radius 2 is 1.38 bits per heavy atom. The summed E-state index contributed by atoms with van der Waals surface area (Å²) in [6.45, 7) is 10.9. The number of hydrogen-bond acceptors (Lipinski definition) is 3. The smallest absolute Gasteiger partial charge is 0.0234 e. The summed E-state index contributed by atoms with van der Waals surface area (Å²) in [4.78, 5) is 8.32. The van der Waals surface area contributed by atoms with Gasteiger partial charge in [-0.3, -0.25) is 4.90 Å². The van der Waals surface area contributed by atoms with Crippen molar-refractivity contribution in [1.29, 1.82) is 0 Å². The molecule has 0 unspecified atom stereocenters.